The van der Waals surface area contributed by atoms with E-state index in [4.69, 9.17) is 10.2 Å². The summed E-state index contributed by atoms with van der Waals surface area (Å²) in [5.41, 5.74) is 10.6. The van der Waals surface area contributed by atoms with Crippen LogP contribution in [-0.4, -0.2) is 11.5 Å². The van der Waals surface area contributed by atoms with Gasteiger partial charge in [0.15, 0.2) is 5.58 Å². The predicted molar refractivity (Wildman–Crippen MR) is 81.8 cm³/mol. The van der Waals surface area contributed by atoms with E-state index in [1.54, 1.807) is 0 Å². The van der Waals surface area contributed by atoms with Gasteiger partial charge in [0, 0.05) is 12.2 Å². The van der Waals surface area contributed by atoms with Crippen LogP contribution < -0.4 is 11.1 Å². The van der Waals surface area contributed by atoms with E-state index in [-0.39, 0.29) is 0 Å². The number of hydrogen-bond donors (Lipinski definition) is 2. The molecule has 1 heterocycles. The highest BCUT2D eigenvalue weighted by atomic mass is 16.4. The molecule has 2 aromatic carbocycles. The second kappa shape index (κ2) is 5.25. The maximum atomic E-state index is 5.72. The lowest BCUT2D eigenvalue weighted by Crippen LogP contribution is -2.05. The molecule has 3 rings (SSSR count). The Bertz CT molecular complexity index is 733. The second-order valence-electron chi connectivity index (χ2n) is 4.85. The number of fused-ring (bicyclic) bond motifs is 1. The Hall–Kier alpha value is -2.49. The minimum atomic E-state index is 0.541. The van der Waals surface area contributed by atoms with Gasteiger partial charge in [0.25, 0.3) is 6.01 Å². The Labute approximate surface area is 117 Å². The zero-order valence-corrected chi connectivity index (χ0v) is 11.4. The van der Waals surface area contributed by atoms with E-state index in [1.165, 1.54) is 11.1 Å². The molecule has 0 fully saturated rings. The van der Waals surface area contributed by atoms with E-state index in [0.29, 0.717) is 11.7 Å². The van der Waals surface area contributed by atoms with Crippen LogP contribution in [0.1, 0.15) is 11.1 Å². The summed E-state index contributed by atoms with van der Waals surface area (Å²) in [7, 11) is 0. The van der Waals surface area contributed by atoms with Crippen molar-refractivity contribution in [1.29, 1.82) is 0 Å². The fourth-order valence-corrected chi connectivity index (χ4v) is 2.21. The molecule has 0 saturated carbocycles. The standard InChI is InChI=1S/C16H17N3O/c1-11-4-2-3-5-12(11)8-9-18-16-19-14-10-13(17)6-7-15(14)20-16/h2-7,10H,8-9,17H2,1H3,(H,18,19). The van der Waals surface area contributed by atoms with Crippen molar-refractivity contribution in [3.8, 4) is 0 Å². The lowest BCUT2D eigenvalue weighted by Gasteiger charge is -2.05. The summed E-state index contributed by atoms with van der Waals surface area (Å²) in [4.78, 5) is 4.37. The molecule has 3 N–H and O–H groups in total. The molecule has 0 aliphatic rings. The lowest BCUT2D eigenvalue weighted by molar-refractivity contribution is 0.614. The highest BCUT2D eigenvalue weighted by Crippen LogP contribution is 2.21. The third kappa shape index (κ3) is 2.59. The van der Waals surface area contributed by atoms with Gasteiger partial charge in [0.1, 0.15) is 5.52 Å². The number of benzene rings is 2. The number of nitrogens with zero attached hydrogens (tertiary/aromatic N) is 1. The van der Waals surface area contributed by atoms with E-state index in [1.807, 2.05) is 18.2 Å². The van der Waals surface area contributed by atoms with Crippen LogP contribution in [0, 0.1) is 6.92 Å². The first-order valence-electron chi connectivity index (χ1n) is 6.67. The maximum Gasteiger partial charge on any atom is 0.295 e. The fraction of sp³-hybridized carbons (Fsp3) is 0.188. The van der Waals surface area contributed by atoms with E-state index >= 15 is 0 Å². The molecule has 20 heavy (non-hydrogen) atoms. The summed E-state index contributed by atoms with van der Waals surface area (Å²) >= 11 is 0. The largest absolute Gasteiger partial charge is 0.424 e. The van der Waals surface area contributed by atoms with Gasteiger partial charge in [-0.05, 0) is 42.7 Å². The van der Waals surface area contributed by atoms with Gasteiger partial charge >= 0.3 is 0 Å². The zero-order chi connectivity index (χ0) is 13.9. The van der Waals surface area contributed by atoms with Crippen LogP contribution in [0.4, 0.5) is 11.7 Å². The topological polar surface area (TPSA) is 64.1 Å². The molecule has 0 aliphatic carbocycles. The summed E-state index contributed by atoms with van der Waals surface area (Å²) in [6.45, 7) is 2.91. The van der Waals surface area contributed by atoms with Crippen LogP contribution in [0.2, 0.25) is 0 Å². The third-order valence-electron chi connectivity index (χ3n) is 3.34. The first-order valence-corrected chi connectivity index (χ1v) is 6.67. The van der Waals surface area contributed by atoms with Crippen molar-refractivity contribution in [1.82, 2.24) is 4.98 Å². The van der Waals surface area contributed by atoms with E-state index in [9.17, 15) is 0 Å². The number of hydrogen-bond acceptors (Lipinski definition) is 4. The van der Waals surface area contributed by atoms with Gasteiger partial charge in [-0.25, -0.2) is 0 Å². The fourth-order valence-electron chi connectivity index (χ4n) is 2.21. The van der Waals surface area contributed by atoms with Crippen molar-refractivity contribution in [2.24, 2.45) is 0 Å². The summed E-state index contributed by atoms with van der Waals surface area (Å²) in [5, 5.41) is 3.21. The van der Waals surface area contributed by atoms with Crippen molar-refractivity contribution in [3.05, 3.63) is 53.6 Å². The molecular weight excluding hydrogens is 250 g/mol. The van der Waals surface area contributed by atoms with Crippen LogP contribution in [0.3, 0.4) is 0 Å². The Balaban J connectivity index is 1.67. The molecule has 3 aromatic rings. The predicted octanol–water partition coefficient (Wildman–Crippen LogP) is 3.37. The molecule has 0 amide bonds. The molecule has 4 nitrogen and oxygen atoms in total. The number of oxazole rings is 1. The van der Waals surface area contributed by atoms with Crippen molar-refractivity contribution in [3.63, 3.8) is 0 Å². The van der Waals surface area contributed by atoms with Gasteiger partial charge in [-0.1, -0.05) is 24.3 Å². The average Bonchev–Trinajstić information content (AvgIpc) is 2.83. The quantitative estimate of drug-likeness (QED) is 0.711. The molecule has 0 unspecified atom stereocenters. The highest BCUT2D eigenvalue weighted by Gasteiger charge is 2.05. The van der Waals surface area contributed by atoms with Gasteiger partial charge in [-0.15, -0.1) is 0 Å². The van der Waals surface area contributed by atoms with Gasteiger partial charge < -0.3 is 15.5 Å². The highest BCUT2D eigenvalue weighted by molar-refractivity contribution is 5.78. The first kappa shape index (κ1) is 12.5. The first-order chi connectivity index (χ1) is 9.72. The van der Waals surface area contributed by atoms with Gasteiger partial charge in [0.2, 0.25) is 0 Å². The van der Waals surface area contributed by atoms with Crippen molar-refractivity contribution in [2.45, 2.75) is 13.3 Å². The normalized spacial score (nSPS) is 10.8. The number of anilines is 2. The molecule has 0 spiro atoms. The van der Waals surface area contributed by atoms with Crippen LogP contribution >= 0.6 is 0 Å². The molecule has 0 bridgehead atoms. The van der Waals surface area contributed by atoms with Crippen molar-refractivity contribution < 1.29 is 4.42 Å². The molecule has 0 aliphatic heterocycles. The number of aromatic nitrogens is 1. The van der Waals surface area contributed by atoms with Gasteiger partial charge in [-0.2, -0.15) is 4.98 Å². The Morgan fingerprint density at radius 3 is 2.90 bits per heavy atom. The van der Waals surface area contributed by atoms with Gasteiger partial charge in [0.05, 0.1) is 0 Å². The molecule has 4 heteroatoms. The molecule has 0 atom stereocenters. The second-order valence-corrected chi connectivity index (χ2v) is 4.85. The zero-order valence-electron chi connectivity index (χ0n) is 11.4. The number of nitrogens with two attached hydrogens (primary N) is 1. The molecule has 102 valence electrons. The van der Waals surface area contributed by atoms with Crippen molar-refractivity contribution in [2.75, 3.05) is 17.6 Å². The maximum absolute atomic E-state index is 5.72. The average molecular weight is 267 g/mol. The Morgan fingerprint density at radius 1 is 1.20 bits per heavy atom. The van der Waals surface area contributed by atoms with Crippen LogP contribution in [0.5, 0.6) is 0 Å². The summed E-state index contributed by atoms with van der Waals surface area (Å²) in [5.74, 6) is 0. The number of nitrogen functional groups attached to an aromatic ring is 1. The SMILES string of the molecule is Cc1ccccc1CCNc1nc2cc(N)ccc2o1. The van der Waals surface area contributed by atoms with Crippen molar-refractivity contribution >= 4 is 22.8 Å². The van der Waals surface area contributed by atoms with E-state index < -0.39 is 0 Å². The Kier molecular flexibility index (Phi) is 3.29. The third-order valence-corrected chi connectivity index (χ3v) is 3.34. The van der Waals surface area contributed by atoms with Crippen LogP contribution in [0.25, 0.3) is 11.1 Å². The monoisotopic (exact) mass is 267 g/mol. The summed E-state index contributed by atoms with van der Waals surface area (Å²) in [6, 6.07) is 14.4. The summed E-state index contributed by atoms with van der Waals surface area (Å²) in [6.07, 6.45) is 0.938. The van der Waals surface area contributed by atoms with Crippen LogP contribution in [0.15, 0.2) is 46.9 Å². The number of rotatable bonds is 4. The number of nitrogens with one attached hydrogen (secondary N) is 1. The summed E-state index contributed by atoms with van der Waals surface area (Å²) < 4.78 is 5.61. The van der Waals surface area contributed by atoms with E-state index in [0.717, 1.165) is 24.1 Å². The van der Waals surface area contributed by atoms with E-state index in [2.05, 4.69) is 41.5 Å². The smallest absolute Gasteiger partial charge is 0.295 e. The van der Waals surface area contributed by atoms with Crippen LogP contribution in [-0.2, 0) is 6.42 Å². The lowest BCUT2D eigenvalue weighted by atomic mass is 10.1. The minimum absolute atomic E-state index is 0.541. The van der Waals surface area contributed by atoms with Gasteiger partial charge in [-0.3, -0.25) is 0 Å². The Morgan fingerprint density at radius 2 is 2.05 bits per heavy atom. The number of aryl methyl sites for hydroxylation is 1. The molecular formula is C16H17N3O. The molecule has 0 saturated heterocycles. The molecule has 0 radical (unpaired) electrons. The molecule has 1 aromatic heterocycles. The minimum Gasteiger partial charge on any atom is -0.424 e.